The lowest BCUT2D eigenvalue weighted by Crippen LogP contribution is -2.31. The summed E-state index contributed by atoms with van der Waals surface area (Å²) in [4.78, 5) is 16.3. The first-order valence-electron chi connectivity index (χ1n) is 3.51. The molecule has 0 aromatic rings. The molecule has 66 valence electrons. The maximum Gasteiger partial charge on any atom is 0.149 e. The van der Waals surface area contributed by atoms with Crippen LogP contribution >= 0.6 is 11.6 Å². The number of hydrogen-bond acceptors (Lipinski definition) is 4. The molecule has 0 aromatic heterocycles. The lowest BCUT2D eigenvalue weighted by atomic mass is 10.4. The molecule has 0 amide bonds. The molecule has 1 rings (SSSR count). The van der Waals surface area contributed by atoms with E-state index in [-0.39, 0.29) is 12.3 Å². The van der Waals surface area contributed by atoms with Crippen molar-refractivity contribution >= 4 is 23.2 Å². The van der Waals surface area contributed by atoms with Gasteiger partial charge >= 0.3 is 0 Å². The molecule has 0 fully saturated rings. The average Bonchev–Trinajstić information content (AvgIpc) is 1.94. The molecule has 4 nitrogen and oxygen atoms in total. The Hall–Kier alpha value is -1.03. The molecule has 0 radical (unpaired) electrons. The largest absolute Gasteiger partial charge is 0.384 e. The standard InChI is InChI=1S/C7H10ClN3O/c1-5(12)3-11-4-10-7(9)2-6(11)8/h2H,3-4H2,1H3,(H2,9,10). The van der Waals surface area contributed by atoms with E-state index in [9.17, 15) is 4.79 Å². The second kappa shape index (κ2) is 3.58. The summed E-state index contributed by atoms with van der Waals surface area (Å²) >= 11 is 5.80. The first-order valence-corrected chi connectivity index (χ1v) is 3.89. The fourth-order valence-electron chi connectivity index (χ4n) is 0.888. The molecule has 0 bridgehead atoms. The fourth-order valence-corrected chi connectivity index (χ4v) is 1.11. The van der Waals surface area contributed by atoms with E-state index in [1.165, 1.54) is 13.0 Å². The highest BCUT2D eigenvalue weighted by Gasteiger charge is 2.12. The quantitative estimate of drug-likeness (QED) is 0.632. The number of hydrogen-bond donors (Lipinski definition) is 1. The van der Waals surface area contributed by atoms with Crippen LogP contribution in [0.4, 0.5) is 0 Å². The van der Waals surface area contributed by atoms with Crippen molar-refractivity contribution in [1.29, 1.82) is 0 Å². The normalized spacial score (nSPS) is 17.0. The van der Waals surface area contributed by atoms with E-state index >= 15 is 0 Å². The van der Waals surface area contributed by atoms with Crippen molar-refractivity contribution in [2.75, 3.05) is 13.2 Å². The van der Waals surface area contributed by atoms with E-state index in [0.29, 0.717) is 17.7 Å². The average molecular weight is 188 g/mol. The molecule has 2 N–H and O–H groups in total. The molecule has 1 aliphatic heterocycles. The number of amidine groups is 1. The number of carbonyl (C=O) groups is 1. The third kappa shape index (κ3) is 2.23. The molecule has 0 unspecified atom stereocenters. The first kappa shape index (κ1) is 9.06. The number of carbonyl (C=O) groups excluding carboxylic acids is 1. The van der Waals surface area contributed by atoms with Crippen LogP contribution in [-0.2, 0) is 4.79 Å². The van der Waals surface area contributed by atoms with Gasteiger partial charge in [-0.05, 0) is 6.92 Å². The summed E-state index contributed by atoms with van der Waals surface area (Å²) < 4.78 is 0. The van der Waals surface area contributed by atoms with Gasteiger partial charge in [-0.1, -0.05) is 11.6 Å². The Bertz CT molecular complexity index is 259. The van der Waals surface area contributed by atoms with Crippen molar-refractivity contribution in [2.45, 2.75) is 6.92 Å². The van der Waals surface area contributed by atoms with Gasteiger partial charge in [-0.3, -0.25) is 4.79 Å². The van der Waals surface area contributed by atoms with Gasteiger partial charge in [0.2, 0.25) is 0 Å². The Morgan fingerprint density at radius 1 is 1.92 bits per heavy atom. The van der Waals surface area contributed by atoms with E-state index < -0.39 is 0 Å². The molecule has 5 heteroatoms. The molecule has 1 aliphatic rings. The van der Waals surface area contributed by atoms with Gasteiger partial charge < -0.3 is 10.6 Å². The van der Waals surface area contributed by atoms with Gasteiger partial charge in [0, 0.05) is 6.08 Å². The van der Waals surface area contributed by atoms with Gasteiger partial charge in [-0.25, -0.2) is 4.99 Å². The highest BCUT2D eigenvalue weighted by Crippen LogP contribution is 2.12. The predicted molar refractivity (Wildman–Crippen MR) is 47.8 cm³/mol. The second-order valence-electron chi connectivity index (χ2n) is 2.59. The van der Waals surface area contributed by atoms with Crippen molar-refractivity contribution in [3.05, 3.63) is 11.2 Å². The summed E-state index contributed by atoms with van der Waals surface area (Å²) in [6.45, 7) is 2.15. The van der Waals surface area contributed by atoms with Gasteiger partial charge in [0.05, 0.1) is 6.54 Å². The van der Waals surface area contributed by atoms with Crippen molar-refractivity contribution in [1.82, 2.24) is 4.90 Å². The molecule has 0 saturated heterocycles. The molecule has 0 spiro atoms. The number of ketones is 1. The van der Waals surface area contributed by atoms with Crippen molar-refractivity contribution in [3.63, 3.8) is 0 Å². The zero-order chi connectivity index (χ0) is 9.14. The highest BCUT2D eigenvalue weighted by molar-refractivity contribution is 6.31. The van der Waals surface area contributed by atoms with Crippen LogP contribution in [0.3, 0.4) is 0 Å². The molecule has 0 atom stereocenters. The zero-order valence-corrected chi connectivity index (χ0v) is 7.51. The summed E-state index contributed by atoms with van der Waals surface area (Å²) in [5.74, 6) is 0.456. The van der Waals surface area contributed by atoms with Crippen LogP contribution in [0.15, 0.2) is 16.2 Å². The van der Waals surface area contributed by atoms with E-state index in [4.69, 9.17) is 17.3 Å². The number of nitrogens with two attached hydrogens (primary N) is 1. The minimum Gasteiger partial charge on any atom is -0.384 e. The summed E-state index contributed by atoms with van der Waals surface area (Å²) in [7, 11) is 0. The number of nitrogens with zero attached hydrogens (tertiary/aromatic N) is 2. The summed E-state index contributed by atoms with van der Waals surface area (Å²) in [6, 6.07) is 0. The maximum atomic E-state index is 10.7. The smallest absolute Gasteiger partial charge is 0.149 e. The van der Waals surface area contributed by atoms with Crippen molar-refractivity contribution in [3.8, 4) is 0 Å². The lowest BCUT2D eigenvalue weighted by Gasteiger charge is -2.22. The minimum atomic E-state index is 0.0530. The van der Waals surface area contributed by atoms with Crippen molar-refractivity contribution in [2.24, 2.45) is 10.7 Å². The van der Waals surface area contributed by atoms with Gasteiger partial charge in [-0.2, -0.15) is 0 Å². The van der Waals surface area contributed by atoms with E-state index in [1.807, 2.05) is 0 Å². The van der Waals surface area contributed by atoms with Crippen LogP contribution in [0, 0.1) is 0 Å². The van der Waals surface area contributed by atoms with Gasteiger partial charge in [0.15, 0.2) is 0 Å². The molecule has 1 heterocycles. The lowest BCUT2D eigenvalue weighted by molar-refractivity contribution is -0.117. The molecule has 0 aromatic carbocycles. The zero-order valence-electron chi connectivity index (χ0n) is 6.75. The molecule has 0 saturated carbocycles. The van der Waals surface area contributed by atoms with Gasteiger partial charge in [0.1, 0.15) is 23.4 Å². The van der Waals surface area contributed by atoms with Crippen LogP contribution in [0.5, 0.6) is 0 Å². The Kier molecular flexibility index (Phi) is 2.70. The number of Topliss-reactive ketones (excluding diaryl/α,β-unsaturated/α-hetero) is 1. The monoisotopic (exact) mass is 187 g/mol. The van der Waals surface area contributed by atoms with Crippen LogP contribution in [0.25, 0.3) is 0 Å². The van der Waals surface area contributed by atoms with Gasteiger partial charge in [-0.15, -0.1) is 0 Å². The van der Waals surface area contributed by atoms with Crippen LogP contribution < -0.4 is 5.73 Å². The number of halogens is 1. The molecular weight excluding hydrogens is 178 g/mol. The van der Waals surface area contributed by atoms with Gasteiger partial charge in [0.25, 0.3) is 0 Å². The highest BCUT2D eigenvalue weighted by atomic mass is 35.5. The SMILES string of the molecule is CC(=O)CN1CN=C(N)C=C1Cl. The molecular formula is C7H10ClN3O. The number of aliphatic imine (C=N–C) groups is 1. The Morgan fingerprint density at radius 3 is 3.08 bits per heavy atom. The third-order valence-corrected chi connectivity index (χ3v) is 1.75. The van der Waals surface area contributed by atoms with Crippen LogP contribution in [0.2, 0.25) is 0 Å². The first-order chi connectivity index (χ1) is 5.59. The van der Waals surface area contributed by atoms with E-state index in [1.54, 1.807) is 4.90 Å². The maximum absolute atomic E-state index is 10.7. The third-order valence-electron chi connectivity index (χ3n) is 1.41. The number of rotatable bonds is 2. The Balaban J connectivity index is 2.62. The summed E-state index contributed by atoms with van der Waals surface area (Å²) in [5, 5.41) is 0.470. The Labute approximate surface area is 75.7 Å². The van der Waals surface area contributed by atoms with Crippen molar-refractivity contribution < 1.29 is 4.79 Å². The topological polar surface area (TPSA) is 58.7 Å². The second-order valence-corrected chi connectivity index (χ2v) is 2.98. The minimum absolute atomic E-state index is 0.0530. The fraction of sp³-hybridized carbons (Fsp3) is 0.429. The summed E-state index contributed by atoms with van der Waals surface area (Å²) in [5.41, 5.74) is 5.40. The van der Waals surface area contributed by atoms with Crippen LogP contribution in [0.1, 0.15) is 6.92 Å². The summed E-state index contributed by atoms with van der Waals surface area (Å²) in [6.07, 6.45) is 1.54. The predicted octanol–water partition coefficient (Wildman–Crippen LogP) is 0.286. The van der Waals surface area contributed by atoms with Crippen LogP contribution in [-0.4, -0.2) is 29.7 Å². The Morgan fingerprint density at radius 2 is 2.58 bits per heavy atom. The molecule has 0 aliphatic carbocycles. The van der Waals surface area contributed by atoms with E-state index in [0.717, 1.165) is 0 Å². The van der Waals surface area contributed by atoms with E-state index in [2.05, 4.69) is 4.99 Å². The molecule has 12 heavy (non-hydrogen) atoms.